The zero-order valence-electron chi connectivity index (χ0n) is 17.1. The second kappa shape index (κ2) is 9.98. The molecule has 0 saturated carbocycles. The van der Waals surface area contributed by atoms with Crippen molar-refractivity contribution in [3.63, 3.8) is 0 Å². The third-order valence-electron chi connectivity index (χ3n) is 4.39. The first kappa shape index (κ1) is 21.5. The highest BCUT2D eigenvalue weighted by atomic mass is 32.2. The molecule has 1 unspecified atom stereocenters. The van der Waals surface area contributed by atoms with Gasteiger partial charge in [-0.3, -0.25) is 9.59 Å². The molecule has 3 rings (SSSR count). The highest BCUT2D eigenvalue weighted by Gasteiger charge is 2.15. The molecular weight excluding hydrogens is 396 g/mol. The van der Waals surface area contributed by atoms with Crippen LogP contribution in [0.15, 0.2) is 77.7 Å². The molecule has 0 fully saturated rings. The Balaban J connectivity index is 1.62. The lowest BCUT2D eigenvalue weighted by Gasteiger charge is -2.13. The number of ether oxygens (including phenoxy) is 1. The van der Waals surface area contributed by atoms with Crippen molar-refractivity contribution in [1.82, 2.24) is 0 Å². The summed E-state index contributed by atoms with van der Waals surface area (Å²) in [5, 5.41) is 5.49. The maximum atomic E-state index is 12.6. The summed E-state index contributed by atoms with van der Waals surface area (Å²) in [6, 6.07) is 22.2. The molecule has 154 valence electrons. The van der Waals surface area contributed by atoms with Crippen LogP contribution in [0.5, 0.6) is 5.75 Å². The lowest BCUT2D eigenvalue weighted by Crippen LogP contribution is -2.22. The van der Waals surface area contributed by atoms with E-state index >= 15 is 0 Å². The van der Waals surface area contributed by atoms with Crippen LogP contribution >= 0.6 is 11.8 Å². The van der Waals surface area contributed by atoms with Crippen molar-refractivity contribution >= 4 is 35.0 Å². The Morgan fingerprint density at radius 2 is 1.60 bits per heavy atom. The zero-order valence-corrected chi connectivity index (χ0v) is 18.0. The van der Waals surface area contributed by atoms with Crippen molar-refractivity contribution < 1.29 is 14.3 Å². The van der Waals surface area contributed by atoms with Crippen molar-refractivity contribution in [2.24, 2.45) is 0 Å². The minimum Gasteiger partial charge on any atom is -0.497 e. The standard InChI is InChI=1S/C24H24N2O3S/c1-16-7-4-8-18(13-16)24(28)26-20-10-6-12-22(15-20)30-17(2)23(27)25-19-9-5-11-21(14-19)29-3/h4-15,17H,1-3H3,(H,25,27)(H,26,28). The number of carbonyl (C=O) groups is 2. The fourth-order valence-corrected chi connectivity index (χ4v) is 3.77. The van der Waals surface area contributed by atoms with Crippen LogP contribution < -0.4 is 15.4 Å². The molecule has 0 aliphatic rings. The number of hydrogen-bond donors (Lipinski definition) is 2. The smallest absolute Gasteiger partial charge is 0.255 e. The molecule has 0 heterocycles. The third-order valence-corrected chi connectivity index (χ3v) is 5.49. The van der Waals surface area contributed by atoms with E-state index in [0.29, 0.717) is 22.7 Å². The van der Waals surface area contributed by atoms with Gasteiger partial charge in [-0.1, -0.05) is 29.8 Å². The monoisotopic (exact) mass is 420 g/mol. The van der Waals surface area contributed by atoms with Crippen LogP contribution in [0.25, 0.3) is 0 Å². The van der Waals surface area contributed by atoms with Crippen molar-refractivity contribution in [3.8, 4) is 5.75 Å². The Hall–Kier alpha value is -3.25. The summed E-state index contributed by atoms with van der Waals surface area (Å²) >= 11 is 1.43. The van der Waals surface area contributed by atoms with Crippen molar-refractivity contribution in [1.29, 1.82) is 0 Å². The Bertz CT molecular complexity index is 1050. The minimum absolute atomic E-state index is 0.109. The van der Waals surface area contributed by atoms with E-state index in [2.05, 4.69) is 10.6 Å². The average Bonchev–Trinajstić information content (AvgIpc) is 2.74. The first-order chi connectivity index (χ1) is 14.4. The normalized spacial score (nSPS) is 11.4. The quantitative estimate of drug-likeness (QED) is 0.504. The molecule has 0 aromatic heterocycles. The molecule has 0 spiro atoms. The van der Waals surface area contributed by atoms with Crippen LogP contribution in [0.1, 0.15) is 22.8 Å². The van der Waals surface area contributed by atoms with E-state index in [0.717, 1.165) is 10.5 Å². The Labute approximate surface area is 180 Å². The molecule has 0 bridgehead atoms. The minimum atomic E-state index is -0.320. The fourth-order valence-electron chi connectivity index (χ4n) is 2.84. The molecule has 0 aliphatic carbocycles. The Morgan fingerprint density at radius 1 is 0.900 bits per heavy atom. The number of carbonyl (C=O) groups excluding carboxylic acids is 2. The highest BCUT2D eigenvalue weighted by molar-refractivity contribution is 8.00. The van der Waals surface area contributed by atoms with Gasteiger partial charge in [-0.25, -0.2) is 0 Å². The van der Waals surface area contributed by atoms with Gasteiger partial charge in [0.05, 0.1) is 12.4 Å². The largest absolute Gasteiger partial charge is 0.497 e. The molecule has 2 N–H and O–H groups in total. The molecule has 3 aromatic carbocycles. The second-order valence-electron chi connectivity index (χ2n) is 6.83. The lowest BCUT2D eigenvalue weighted by atomic mass is 10.1. The van der Waals surface area contributed by atoms with Gasteiger partial charge in [-0.2, -0.15) is 0 Å². The van der Waals surface area contributed by atoms with Crippen molar-refractivity contribution in [3.05, 3.63) is 83.9 Å². The summed E-state index contributed by atoms with van der Waals surface area (Å²) < 4.78 is 5.18. The van der Waals surface area contributed by atoms with Gasteiger partial charge in [0, 0.05) is 27.9 Å². The number of rotatable bonds is 7. The summed E-state index contributed by atoms with van der Waals surface area (Å²) in [6.45, 7) is 3.80. The number of anilines is 2. The van der Waals surface area contributed by atoms with Crippen LogP contribution in [0.4, 0.5) is 11.4 Å². The number of methoxy groups -OCH3 is 1. The topological polar surface area (TPSA) is 67.4 Å². The van der Waals surface area contributed by atoms with E-state index in [4.69, 9.17) is 4.74 Å². The van der Waals surface area contributed by atoms with Crippen LogP contribution in [0.2, 0.25) is 0 Å². The summed E-state index contributed by atoms with van der Waals surface area (Å²) in [7, 11) is 1.59. The lowest BCUT2D eigenvalue weighted by molar-refractivity contribution is -0.115. The number of amides is 2. The van der Waals surface area contributed by atoms with Gasteiger partial charge < -0.3 is 15.4 Å². The number of hydrogen-bond acceptors (Lipinski definition) is 4. The molecule has 0 radical (unpaired) electrons. The van der Waals surface area contributed by atoms with E-state index in [-0.39, 0.29) is 17.1 Å². The molecule has 5 nitrogen and oxygen atoms in total. The fraction of sp³-hybridized carbons (Fsp3) is 0.167. The molecule has 0 saturated heterocycles. The second-order valence-corrected chi connectivity index (χ2v) is 8.25. The van der Waals surface area contributed by atoms with Crippen molar-refractivity contribution in [2.45, 2.75) is 24.0 Å². The molecule has 1 atom stereocenters. The van der Waals surface area contributed by atoms with Gasteiger partial charge >= 0.3 is 0 Å². The zero-order chi connectivity index (χ0) is 21.5. The Morgan fingerprint density at radius 3 is 2.33 bits per heavy atom. The van der Waals surface area contributed by atoms with E-state index in [1.165, 1.54) is 11.8 Å². The maximum absolute atomic E-state index is 12.6. The maximum Gasteiger partial charge on any atom is 0.255 e. The van der Waals surface area contributed by atoms with Gasteiger partial charge in [0.25, 0.3) is 5.91 Å². The van der Waals surface area contributed by atoms with Crippen LogP contribution in [0.3, 0.4) is 0 Å². The SMILES string of the molecule is COc1cccc(NC(=O)C(C)Sc2cccc(NC(=O)c3cccc(C)c3)c2)c1. The molecule has 30 heavy (non-hydrogen) atoms. The van der Waals surface area contributed by atoms with Gasteiger partial charge in [-0.05, 0) is 56.3 Å². The van der Waals surface area contributed by atoms with Gasteiger partial charge in [-0.15, -0.1) is 11.8 Å². The van der Waals surface area contributed by atoms with Gasteiger partial charge in [0.15, 0.2) is 0 Å². The molecular formula is C24H24N2O3S. The van der Waals surface area contributed by atoms with E-state index in [1.54, 1.807) is 19.2 Å². The van der Waals surface area contributed by atoms with Crippen LogP contribution in [-0.2, 0) is 4.79 Å². The first-order valence-corrected chi connectivity index (χ1v) is 10.4. The van der Waals surface area contributed by atoms with E-state index in [9.17, 15) is 9.59 Å². The number of aryl methyl sites for hydroxylation is 1. The molecule has 2 amide bonds. The summed E-state index contributed by atoms with van der Waals surface area (Å²) in [4.78, 5) is 25.9. The predicted molar refractivity (Wildman–Crippen MR) is 123 cm³/mol. The molecule has 6 heteroatoms. The van der Waals surface area contributed by atoms with E-state index in [1.807, 2.05) is 74.5 Å². The van der Waals surface area contributed by atoms with Crippen LogP contribution in [0, 0.1) is 6.92 Å². The van der Waals surface area contributed by atoms with Crippen LogP contribution in [-0.4, -0.2) is 24.2 Å². The first-order valence-electron chi connectivity index (χ1n) is 9.54. The third kappa shape index (κ3) is 5.87. The number of benzene rings is 3. The number of nitrogens with one attached hydrogen (secondary N) is 2. The van der Waals surface area contributed by atoms with E-state index < -0.39 is 0 Å². The molecule has 3 aromatic rings. The van der Waals surface area contributed by atoms with Gasteiger partial charge in [0.2, 0.25) is 5.91 Å². The highest BCUT2D eigenvalue weighted by Crippen LogP contribution is 2.27. The molecule has 0 aliphatic heterocycles. The van der Waals surface area contributed by atoms with Gasteiger partial charge in [0.1, 0.15) is 5.75 Å². The Kier molecular flexibility index (Phi) is 7.14. The summed E-state index contributed by atoms with van der Waals surface area (Å²) in [5.74, 6) is 0.414. The average molecular weight is 421 g/mol. The predicted octanol–water partition coefficient (Wildman–Crippen LogP) is 5.38. The number of thioether (sulfide) groups is 1. The van der Waals surface area contributed by atoms with Crippen molar-refractivity contribution in [2.75, 3.05) is 17.7 Å². The summed E-state index contributed by atoms with van der Waals surface area (Å²) in [5.41, 5.74) is 3.01. The summed E-state index contributed by atoms with van der Waals surface area (Å²) in [6.07, 6.45) is 0.